The number of rotatable bonds is 6. The Labute approximate surface area is 125 Å². The van der Waals surface area contributed by atoms with E-state index in [0.29, 0.717) is 0 Å². The molecule has 0 saturated heterocycles. The molecule has 1 unspecified atom stereocenters. The van der Waals surface area contributed by atoms with Crippen molar-refractivity contribution < 1.29 is 4.74 Å². The van der Waals surface area contributed by atoms with Gasteiger partial charge in [-0.3, -0.25) is 4.98 Å². The van der Waals surface area contributed by atoms with E-state index in [-0.39, 0.29) is 6.04 Å². The number of aryl methyl sites for hydroxylation is 2. The highest BCUT2D eigenvalue weighted by Crippen LogP contribution is 2.29. The summed E-state index contributed by atoms with van der Waals surface area (Å²) >= 11 is 0. The summed E-state index contributed by atoms with van der Waals surface area (Å²) in [5, 5.41) is 11.9. The van der Waals surface area contributed by atoms with Crippen LogP contribution in [0.5, 0.6) is 5.75 Å². The number of hydrogen-bond acceptors (Lipinski definition) is 5. The molecule has 21 heavy (non-hydrogen) atoms. The predicted molar refractivity (Wildman–Crippen MR) is 82.4 cm³/mol. The zero-order chi connectivity index (χ0) is 15.2. The highest BCUT2D eigenvalue weighted by Gasteiger charge is 2.21. The van der Waals surface area contributed by atoms with Crippen LogP contribution in [0.25, 0.3) is 0 Å². The SMILES string of the molecule is CCCNC(c1cc(C)nnc1C)c1ncccc1OC. The molecule has 0 amide bonds. The van der Waals surface area contributed by atoms with Gasteiger partial charge in [0.25, 0.3) is 0 Å². The Morgan fingerprint density at radius 3 is 2.81 bits per heavy atom. The maximum atomic E-state index is 5.46. The summed E-state index contributed by atoms with van der Waals surface area (Å²) in [7, 11) is 1.67. The van der Waals surface area contributed by atoms with E-state index in [4.69, 9.17) is 4.74 Å². The minimum absolute atomic E-state index is 0.0460. The molecule has 5 nitrogen and oxygen atoms in total. The van der Waals surface area contributed by atoms with E-state index in [1.165, 1.54) is 0 Å². The number of methoxy groups -OCH3 is 1. The molecule has 5 heteroatoms. The number of ether oxygens (including phenoxy) is 1. The van der Waals surface area contributed by atoms with E-state index in [0.717, 1.165) is 41.4 Å². The van der Waals surface area contributed by atoms with Gasteiger partial charge in [-0.25, -0.2) is 0 Å². The standard InChI is InChI=1S/C16H22N4O/c1-5-8-17-15(13-10-11(2)19-20-12(13)3)16-14(21-4)7-6-9-18-16/h6-7,9-10,15,17H,5,8H2,1-4H3. The smallest absolute Gasteiger partial charge is 0.142 e. The van der Waals surface area contributed by atoms with Crippen LogP contribution in [0.2, 0.25) is 0 Å². The largest absolute Gasteiger partial charge is 0.495 e. The van der Waals surface area contributed by atoms with Gasteiger partial charge in [0.2, 0.25) is 0 Å². The zero-order valence-corrected chi connectivity index (χ0v) is 13.1. The van der Waals surface area contributed by atoms with Crippen LogP contribution in [0.3, 0.4) is 0 Å². The van der Waals surface area contributed by atoms with Crippen LogP contribution >= 0.6 is 0 Å². The summed E-state index contributed by atoms with van der Waals surface area (Å²) in [6.07, 6.45) is 2.83. The van der Waals surface area contributed by atoms with Crippen molar-refractivity contribution in [2.24, 2.45) is 0 Å². The molecule has 112 valence electrons. The van der Waals surface area contributed by atoms with Crippen molar-refractivity contribution in [3.05, 3.63) is 47.0 Å². The lowest BCUT2D eigenvalue weighted by Crippen LogP contribution is -2.26. The maximum absolute atomic E-state index is 5.46. The average Bonchev–Trinajstić information content (AvgIpc) is 2.51. The van der Waals surface area contributed by atoms with Crippen molar-refractivity contribution in [3.8, 4) is 5.75 Å². The third-order valence-corrected chi connectivity index (χ3v) is 3.34. The zero-order valence-electron chi connectivity index (χ0n) is 13.1. The lowest BCUT2D eigenvalue weighted by Gasteiger charge is -2.21. The summed E-state index contributed by atoms with van der Waals surface area (Å²) in [6, 6.07) is 5.82. The van der Waals surface area contributed by atoms with Gasteiger partial charge in [-0.2, -0.15) is 10.2 Å². The molecule has 0 fully saturated rings. The molecular weight excluding hydrogens is 264 g/mol. The number of pyridine rings is 1. The summed E-state index contributed by atoms with van der Waals surface area (Å²) in [5.41, 5.74) is 3.77. The second kappa shape index (κ2) is 7.13. The van der Waals surface area contributed by atoms with E-state index in [1.54, 1.807) is 13.3 Å². The van der Waals surface area contributed by atoms with Crippen LogP contribution in [0, 0.1) is 13.8 Å². The highest BCUT2D eigenvalue weighted by atomic mass is 16.5. The van der Waals surface area contributed by atoms with Gasteiger partial charge in [0.05, 0.1) is 24.5 Å². The summed E-state index contributed by atoms with van der Waals surface area (Å²) < 4.78 is 5.46. The van der Waals surface area contributed by atoms with Gasteiger partial charge in [0.1, 0.15) is 11.4 Å². The van der Waals surface area contributed by atoms with Gasteiger partial charge in [-0.05, 0) is 45.0 Å². The first kappa shape index (κ1) is 15.4. The first-order valence-corrected chi connectivity index (χ1v) is 7.20. The second-order valence-electron chi connectivity index (χ2n) is 5.00. The van der Waals surface area contributed by atoms with Gasteiger partial charge < -0.3 is 10.1 Å². The van der Waals surface area contributed by atoms with Gasteiger partial charge in [-0.1, -0.05) is 6.92 Å². The molecule has 0 aliphatic carbocycles. The van der Waals surface area contributed by atoms with Crippen LogP contribution in [0.15, 0.2) is 24.4 Å². The highest BCUT2D eigenvalue weighted by molar-refractivity contribution is 5.38. The average molecular weight is 286 g/mol. The van der Waals surface area contributed by atoms with Gasteiger partial charge in [0, 0.05) is 11.8 Å². The first-order valence-electron chi connectivity index (χ1n) is 7.20. The fraction of sp³-hybridized carbons (Fsp3) is 0.438. The van der Waals surface area contributed by atoms with Gasteiger partial charge in [-0.15, -0.1) is 0 Å². The van der Waals surface area contributed by atoms with E-state index in [9.17, 15) is 0 Å². The molecule has 0 bridgehead atoms. The third kappa shape index (κ3) is 3.55. The van der Waals surface area contributed by atoms with Gasteiger partial charge >= 0.3 is 0 Å². The van der Waals surface area contributed by atoms with E-state index in [1.807, 2.05) is 26.0 Å². The quantitative estimate of drug-likeness (QED) is 0.884. The topological polar surface area (TPSA) is 59.9 Å². The maximum Gasteiger partial charge on any atom is 0.142 e. The fourth-order valence-corrected chi connectivity index (χ4v) is 2.30. The number of hydrogen-bond donors (Lipinski definition) is 1. The summed E-state index contributed by atoms with van der Waals surface area (Å²) in [5.74, 6) is 0.778. The van der Waals surface area contributed by atoms with Crippen molar-refractivity contribution in [1.29, 1.82) is 0 Å². The Kier molecular flexibility index (Phi) is 5.22. The molecule has 2 aromatic heterocycles. The van der Waals surface area contributed by atoms with Crippen molar-refractivity contribution >= 4 is 0 Å². The molecule has 2 rings (SSSR count). The molecule has 0 saturated carbocycles. The lowest BCUT2D eigenvalue weighted by molar-refractivity contribution is 0.399. The molecule has 0 radical (unpaired) electrons. The molecule has 2 aromatic rings. The van der Waals surface area contributed by atoms with Crippen LogP contribution in [0.4, 0.5) is 0 Å². The van der Waals surface area contributed by atoms with Crippen LogP contribution in [0.1, 0.15) is 42.0 Å². The fourth-order valence-electron chi connectivity index (χ4n) is 2.30. The third-order valence-electron chi connectivity index (χ3n) is 3.34. The molecule has 1 atom stereocenters. The Morgan fingerprint density at radius 1 is 1.29 bits per heavy atom. The summed E-state index contributed by atoms with van der Waals surface area (Å²) in [4.78, 5) is 4.51. The molecule has 0 aromatic carbocycles. The van der Waals surface area contributed by atoms with Crippen molar-refractivity contribution in [3.63, 3.8) is 0 Å². The minimum atomic E-state index is -0.0460. The van der Waals surface area contributed by atoms with E-state index >= 15 is 0 Å². The Hall–Kier alpha value is -2.01. The van der Waals surface area contributed by atoms with Crippen molar-refractivity contribution in [2.45, 2.75) is 33.2 Å². The normalized spacial score (nSPS) is 12.2. The Bertz CT molecular complexity index is 601. The molecule has 2 heterocycles. The molecule has 0 spiro atoms. The number of nitrogens with zero attached hydrogens (tertiary/aromatic N) is 3. The van der Waals surface area contributed by atoms with Crippen molar-refractivity contribution in [2.75, 3.05) is 13.7 Å². The van der Waals surface area contributed by atoms with Crippen LogP contribution < -0.4 is 10.1 Å². The molecule has 1 N–H and O–H groups in total. The molecule has 0 aliphatic rings. The Balaban J connectivity index is 2.49. The number of aromatic nitrogens is 3. The Morgan fingerprint density at radius 2 is 2.10 bits per heavy atom. The minimum Gasteiger partial charge on any atom is -0.495 e. The van der Waals surface area contributed by atoms with E-state index in [2.05, 4.69) is 33.5 Å². The van der Waals surface area contributed by atoms with Gasteiger partial charge in [0.15, 0.2) is 0 Å². The van der Waals surface area contributed by atoms with Crippen molar-refractivity contribution in [1.82, 2.24) is 20.5 Å². The van der Waals surface area contributed by atoms with Crippen LogP contribution in [-0.2, 0) is 0 Å². The summed E-state index contributed by atoms with van der Waals surface area (Å²) in [6.45, 7) is 6.95. The monoisotopic (exact) mass is 286 g/mol. The predicted octanol–water partition coefficient (Wildman–Crippen LogP) is 2.59. The first-order chi connectivity index (χ1) is 10.2. The molecular formula is C16H22N4O. The molecule has 0 aliphatic heterocycles. The second-order valence-corrected chi connectivity index (χ2v) is 5.00. The van der Waals surface area contributed by atoms with E-state index < -0.39 is 0 Å². The van der Waals surface area contributed by atoms with Crippen LogP contribution in [-0.4, -0.2) is 28.8 Å². The lowest BCUT2D eigenvalue weighted by atomic mass is 10.0. The number of nitrogens with one attached hydrogen (secondary N) is 1.